The number of carbonyl (C=O) groups is 2. The van der Waals surface area contributed by atoms with Crippen molar-refractivity contribution in [1.82, 2.24) is 5.06 Å². The third-order valence-corrected chi connectivity index (χ3v) is 2.28. The Morgan fingerprint density at radius 3 is 2.75 bits per heavy atom. The number of nitrogens with zero attached hydrogens (tertiary/aromatic N) is 1. The van der Waals surface area contributed by atoms with Crippen LogP contribution in [0.4, 0.5) is 0 Å². The number of carbonyl (C=O) groups excluding carboxylic acids is 2. The summed E-state index contributed by atoms with van der Waals surface area (Å²) in [6.07, 6.45) is 0.499. The number of nitrogens with two attached hydrogens (primary N) is 1. The molecule has 0 aromatic heterocycles. The quantitative estimate of drug-likeness (QED) is 0.542. The van der Waals surface area contributed by atoms with Gasteiger partial charge in [0.2, 0.25) is 11.8 Å². The number of hydrogen-bond donors (Lipinski definition) is 2. The molecule has 1 aliphatic rings. The maximum atomic E-state index is 11.1. The Hall–Kier alpha value is -1.10. The molecule has 0 radical (unpaired) electrons. The zero-order chi connectivity index (χ0) is 9.30. The largest absolute Gasteiger partial charge is 0.369 e. The zero-order valence-corrected chi connectivity index (χ0v) is 6.86. The summed E-state index contributed by atoms with van der Waals surface area (Å²) in [6.45, 7) is 1.89. The lowest BCUT2D eigenvalue weighted by Gasteiger charge is -2.13. The van der Waals surface area contributed by atoms with E-state index >= 15 is 0 Å². The highest BCUT2D eigenvalue weighted by atomic mass is 16.5. The summed E-state index contributed by atoms with van der Waals surface area (Å²) < 4.78 is 0. The molecule has 5 heteroatoms. The molecule has 2 amide bonds. The minimum absolute atomic E-state index is 0.293. The molecule has 0 aliphatic carbocycles. The number of amides is 2. The normalized spacial score (nSPS) is 26.0. The summed E-state index contributed by atoms with van der Waals surface area (Å²) in [7, 11) is 0. The number of primary amides is 1. The van der Waals surface area contributed by atoms with E-state index in [1.807, 2.05) is 0 Å². The van der Waals surface area contributed by atoms with Crippen LogP contribution in [-0.4, -0.2) is 28.6 Å². The second-order valence-corrected chi connectivity index (χ2v) is 3.05. The summed E-state index contributed by atoms with van der Waals surface area (Å²) in [5, 5.41) is 9.57. The molecule has 12 heavy (non-hydrogen) atoms. The summed E-state index contributed by atoms with van der Waals surface area (Å²) in [4.78, 5) is 21.8. The van der Waals surface area contributed by atoms with Gasteiger partial charge in [0, 0.05) is 12.5 Å². The highest BCUT2D eigenvalue weighted by molar-refractivity contribution is 5.87. The van der Waals surface area contributed by atoms with Crippen molar-refractivity contribution in [2.24, 2.45) is 17.6 Å². The molecule has 1 heterocycles. The topological polar surface area (TPSA) is 83.6 Å². The van der Waals surface area contributed by atoms with Gasteiger partial charge in [-0.05, 0) is 6.42 Å². The lowest BCUT2D eigenvalue weighted by Crippen LogP contribution is -2.33. The van der Waals surface area contributed by atoms with E-state index in [1.54, 1.807) is 6.92 Å². The van der Waals surface area contributed by atoms with Crippen LogP contribution < -0.4 is 5.73 Å². The van der Waals surface area contributed by atoms with E-state index < -0.39 is 23.7 Å². The molecule has 0 spiro atoms. The standard InChI is InChI=1S/C7H12N2O3/c1-4(6(8)10)5-2-3-9(12)7(5)11/h4-5,12H,2-3H2,1H3,(H2,8,10). The number of rotatable bonds is 2. The summed E-state index contributed by atoms with van der Waals surface area (Å²) in [5.74, 6) is -1.83. The maximum absolute atomic E-state index is 11.1. The van der Waals surface area contributed by atoms with Crippen molar-refractivity contribution in [2.45, 2.75) is 13.3 Å². The zero-order valence-electron chi connectivity index (χ0n) is 6.86. The van der Waals surface area contributed by atoms with Crippen LogP contribution in [0.3, 0.4) is 0 Å². The molecule has 1 fully saturated rings. The number of hydrogen-bond acceptors (Lipinski definition) is 3. The smallest absolute Gasteiger partial charge is 0.249 e. The van der Waals surface area contributed by atoms with Crippen molar-refractivity contribution in [2.75, 3.05) is 6.54 Å². The third-order valence-electron chi connectivity index (χ3n) is 2.28. The fourth-order valence-corrected chi connectivity index (χ4v) is 1.35. The van der Waals surface area contributed by atoms with Crippen molar-refractivity contribution >= 4 is 11.8 Å². The third kappa shape index (κ3) is 1.40. The van der Waals surface area contributed by atoms with Gasteiger partial charge in [-0.1, -0.05) is 6.92 Å². The fourth-order valence-electron chi connectivity index (χ4n) is 1.35. The van der Waals surface area contributed by atoms with Crippen LogP contribution >= 0.6 is 0 Å². The first kappa shape index (κ1) is 8.99. The fraction of sp³-hybridized carbons (Fsp3) is 0.714. The Balaban J connectivity index is 2.65. The Morgan fingerprint density at radius 2 is 2.42 bits per heavy atom. The SMILES string of the molecule is CC(C(N)=O)C1CCN(O)C1=O. The highest BCUT2D eigenvalue weighted by Crippen LogP contribution is 2.23. The molecule has 1 aliphatic heterocycles. The first-order valence-corrected chi connectivity index (χ1v) is 3.83. The van der Waals surface area contributed by atoms with Crippen molar-refractivity contribution in [3.8, 4) is 0 Å². The summed E-state index contributed by atoms with van der Waals surface area (Å²) >= 11 is 0. The minimum atomic E-state index is -0.497. The van der Waals surface area contributed by atoms with E-state index in [9.17, 15) is 9.59 Å². The molecule has 0 aromatic carbocycles. The van der Waals surface area contributed by atoms with E-state index in [0.717, 1.165) is 0 Å². The van der Waals surface area contributed by atoms with Crippen molar-refractivity contribution in [1.29, 1.82) is 0 Å². The molecule has 1 saturated heterocycles. The Labute approximate surface area is 70.1 Å². The van der Waals surface area contributed by atoms with E-state index in [0.29, 0.717) is 18.0 Å². The maximum Gasteiger partial charge on any atom is 0.249 e. The molecule has 5 nitrogen and oxygen atoms in total. The molecule has 2 atom stereocenters. The van der Waals surface area contributed by atoms with Crippen LogP contribution in [0.2, 0.25) is 0 Å². The minimum Gasteiger partial charge on any atom is -0.369 e. The van der Waals surface area contributed by atoms with Gasteiger partial charge in [0.1, 0.15) is 0 Å². The lowest BCUT2D eigenvalue weighted by molar-refractivity contribution is -0.161. The molecule has 2 unspecified atom stereocenters. The molecule has 0 bridgehead atoms. The average Bonchev–Trinajstić information content (AvgIpc) is 2.32. The Kier molecular flexibility index (Phi) is 2.32. The molecule has 1 rings (SSSR count). The van der Waals surface area contributed by atoms with E-state index in [-0.39, 0.29) is 0 Å². The van der Waals surface area contributed by atoms with Crippen LogP contribution in [-0.2, 0) is 9.59 Å². The van der Waals surface area contributed by atoms with Gasteiger partial charge in [-0.15, -0.1) is 0 Å². The molecule has 3 N–H and O–H groups in total. The molecular weight excluding hydrogens is 160 g/mol. The van der Waals surface area contributed by atoms with Gasteiger partial charge in [-0.3, -0.25) is 14.8 Å². The second kappa shape index (κ2) is 3.10. The second-order valence-electron chi connectivity index (χ2n) is 3.05. The van der Waals surface area contributed by atoms with Crippen LogP contribution in [0, 0.1) is 11.8 Å². The first-order valence-electron chi connectivity index (χ1n) is 3.83. The van der Waals surface area contributed by atoms with Gasteiger partial charge in [0.15, 0.2) is 0 Å². The van der Waals surface area contributed by atoms with Gasteiger partial charge in [0.05, 0.1) is 5.92 Å². The predicted molar refractivity (Wildman–Crippen MR) is 40.0 cm³/mol. The van der Waals surface area contributed by atoms with Crippen LogP contribution in [0.15, 0.2) is 0 Å². The van der Waals surface area contributed by atoms with Gasteiger partial charge in [-0.2, -0.15) is 0 Å². The average molecular weight is 172 g/mol. The summed E-state index contributed by atoms with van der Waals surface area (Å²) in [6, 6.07) is 0. The first-order chi connectivity index (χ1) is 5.54. The van der Waals surface area contributed by atoms with Gasteiger partial charge in [0.25, 0.3) is 0 Å². The van der Waals surface area contributed by atoms with Crippen molar-refractivity contribution in [3.63, 3.8) is 0 Å². The Bertz CT molecular complexity index is 217. The highest BCUT2D eigenvalue weighted by Gasteiger charge is 2.36. The molecule has 68 valence electrons. The van der Waals surface area contributed by atoms with E-state index in [4.69, 9.17) is 10.9 Å². The molecule has 0 aromatic rings. The van der Waals surface area contributed by atoms with Crippen LogP contribution in [0.25, 0.3) is 0 Å². The van der Waals surface area contributed by atoms with Crippen LogP contribution in [0.1, 0.15) is 13.3 Å². The monoisotopic (exact) mass is 172 g/mol. The van der Waals surface area contributed by atoms with Gasteiger partial charge < -0.3 is 5.73 Å². The molecule has 0 saturated carbocycles. The Morgan fingerprint density at radius 1 is 1.83 bits per heavy atom. The molecular formula is C7H12N2O3. The van der Waals surface area contributed by atoms with Gasteiger partial charge in [-0.25, -0.2) is 5.06 Å². The van der Waals surface area contributed by atoms with Gasteiger partial charge >= 0.3 is 0 Å². The van der Waals surface area contributed by atoms with Crippen molar-refractivity contribution in [3.05, 3.63) is 0 Å². The lowest BCUT2D eigenvalue weighted by atomic mass is 9.92. The summed E-state index contributed by atoms with van der Waals surface area (Å²) in [5.41, 5.74) is 5.03. The van der Waals surface area contributed by atoms with E-state index in [2.05, 4.69) is 0 Å². The number of hydroxylamine groups is 2. The predicted octanol–water partition coefficient (Wildman–Crippen LogP) is -0.655. The van der Waals surface area contributed by atoms with E-state index in [1.165, 1.54) is 0 Å². The van der Waals surface area contributed by atoms with Crippen LogP contribution in [0.5, 0.6) is 0 Å². The van der Waals surface area contributed by atoms with Crippen molar-refractivity contribution < 1.29 is 14.8 Å².